The Labute approximate surface area is 132 Å². The molecule has 1 saturated heterocycles. The second-order valence-electron chi connectivity index (χ2n) is 6.04. The van der Waals surface area contributed by atoms with E-state index in [9.17, 15) is 4.79 Å². The third-order valence-electron chi connectivity index (χ3n) is 4.54. The molecule has 1 aliphatic heterocycles. The number of likely N-dealkylation sites (tertiary alicyclic amines) is 1. The molecular formula is C17H27N3O2. The van der Waals surface area contributed by atoms with Crippen LogP contribution in [-0.2, 0) is 4.79 Å². The van der Waals surface area contributed by atoms with Crippen molar-refractivity contribution in [1.29, 1.82) is 0 Å². The van der Waals surface area contributed by atoms with E-state index in [1.54, 1.807) is 0 Å². The zero-order chi connectivity index (χ0) is 15.9. The number of piperidine rings is 1. The van der Waals surface area contributed by atoms with E-state index < -0.39 is 0 Å². The summed E-state index contributed by atoms with van der Waals surface area (Å²) in [5.41, 5.74) is 6.62. The molecule has 1 unspecified atom stereocenters. The summed E-state index contributed by atoms with van der Waals surface area (Å²) >= 11 is 0. The van der Waals surface area contributed by atoms with Crippen molar-refractivity contribution in [2.45, 2.75) is 31.3 Å². The molecule has 5 nitrogen and oxygen atoms in total. The van der Waals surface area contributed by atoms with E-state index in [0.29, 0.717) is 6.04 Å². The van der Waals surface area contributed by atoms with Crippen molar-refractivity contribution in [2.75, 3.05) is 33.3 Å². The quantitative estimate of drug-likeness (QED) is 0.788. The highest BCUT2D eigenvalue weighted by atomic mass is 16.3. The fourth-order valence-electron chi connectivity index (χ4n) is 3.28. The van der Waals surface area contributed by atoms with Gasteiger partial charge < -0.3 is 15.7 Å². The van der Waals surface area contributed by atoms with Gasteiger partial charge in [0.2, 0.25) is 5.91 Å². The Morgan fingerprint density at radius 3 is 2.55 bits per heavy atom. The monoisotopic (exact) mass is 305 g/mol. The van der Waals surface area contributed by atoms with Crippen molar-refractivity contribution in [3.8, 4) is 0 Å². The number of hydrogen-bond donors (Lipinski definition) is 2. The van der Waals surface area contributed by atoms with Gasteiger partial charge in [-0.05, 0) is 31.9 Å². The van der Waals surface area contributed by atoms with Gasteiger partial charge in [-0.2, -0.15) is 0 Å². The topological polar surface area (TPSA) is 69.8 Å². The molecule has 1 fully saturated rings. The van der Waals surface area contributed by atoms with Crippen LogP contribution in [0.2, 0.25) is 0 Å². The summed E-state index contributed by atoms with van der Waals surface area (Å²) in [6.07, 6.45) is 2.86. The molecule has 5 heteroatoms. The second kappa shape index (κ2) is 8.27. The fraction of sp³-hybridized carbons (Fsp3) is 0.588. The Hall–Kier alpha value is -1.43. The van der Waals surface area contributed by atoms with Crippen LogP contribution in [0.25, 0.3) is 0 Å². The number of aliphatic hydroxyl groups is 1. The number of benzene rings is 1. The van der Waals surface area contributed by atoms with Gasteiger partial charge >= 0.3 is 0 Å². The number of rotatable bonds is 7. The number of nitrogens with two attached hydrogens (primary N) is 1. The number of nitrogens with zero attached hydrogens (tertiary/aromatic N) is 2. The van der Waals surface area contributed by atoms with Gasteiger partial charge in [-0.15, -0.1) is 0 Å². The van der Waals surface area contributed by atoms with E-state index in [0.717, 1.165) is 44.5 Å². The molecule has 1 aliphatic rings. The molecule has 22 heavy (non-hydrogen) atoms. The minimum absolute atomic E-state index is 0.237. The number of carbonyl (C=O) groups excluding carboxylic acids is 1. The van der Waals surface area contributed by atoms with Gasteiger partial charge in [0.15, 0.2) is 0 Å². The van der Waals surface area contributed by atoms with Crippen molar-refractivity contribution >= 4 is 5.91 Å². The van der Waals surface area contributed by atoms with Crippen LogP contribution in [0.4, 0.5) is 0 Å². The summed E-state index contributed by atoms with van der Waals surface area (Å²) in [5.74, 6) is -0.279. The summed E-state index contributed by atoms with van der Waals surface area (Å²) in [6, 6.07) is 9.96. The first-order valence-corrected chi connectivity index (χ1v) is 8.03. The first-order valence-electron chi connectivity index (χ1n) is 8.03. The Balaban J connectivity index is 1.95. The molecule has 0 radical (unpaired) electrons. The van der Waals surface area contributed by atoms with Gasteiger partial charge in [0.05, 0.1) is 0 Å². The Morgan fingerprint density at radius 2 is 2.00 bits per heavy atom. The van der Waals surface area contributed by atoms with Crippen LogP contribution in [0.3, 0.4) is 0 Å². The molecule has 1 aromatic carbocycles. The van der Waals surface area contributed by atoms with Crippen molar-refractivity contribution in [3.63, 3.8) is 0 Å². The predicted molar refractivity (Wildman–Crippen MR) is 87.3 cm³/mol. The number of carbonyl (C=O) groups is 1. The van der Waals surface area contributed by atoms with Gasteiger partial charge in [0.25, 0.3) is 0 Å². The van der Waals surface area contributed by atoms with Crippen LogP contribution >= 0.6 is 0 Å². The molecule has 3 N–H and O–H groups in total. The van der Waals surface area contributed by atoms with Crippen molar-refractivity contribution in [2.24, 2.45) is 5.73 Å². The minimum atomic E-state index is -0.329. The fourth-order valence-corrected chi connectivity index (χ4v) is 3.28. The lowest BCUT2D eigenvalue weighted by Crippen LogP contribution is -2.47. The molecule has 0 bridgehead atoms. The van der Waals surface area contributed by atoms with E-state index in [1.807, 2.05) is 30.3 Å². The molecule has 122 valence electrons. The van der Waals surface area contributed by atoms with E-state index in [2.05, 4.69) is 16.8 Å². The largest absolute Gasteiger partial charge is 0.396 e. The molecule has 1 amide bonds. The summed E-state index contributed by atoms with van der Waals surface area (Å²) in [6.45, 7) is 2.90. The number of primary amides is 1. The first-order chi connectivity index (χ1) is 10.6. The maximum absolute atomic E-state index is 11.9. The van der Waals surface area contributed by atoms with E-state index in [4.69, 9.17) is 10.8 Å². The smallest absolute Gasteiger partial charge is 0.239 e. The molecule has 0 spiro atoms. The molecule has 0 aromatic heterocycles. The van der Waals surface area contributed by atoms with Crippen LogP contribution in [0, 0.1) is 0 Å². The Bertz CT molecular complexity index is 458. The summed E-state index contributed by atoms with van der Waals surface area (Å²) < 4.78 is 0. The highest BCUT2D eigenvalue weighted by molar-refractivity contribution is 5.81. The number of amides is 1. The molecule has 1 aromatic rings. The first kappa shape index (κ1) is 16.9. The van der Waals surface area contributed by atoms with Crippen molar-refractivity contribution in [3.05, 3.63) is 35.9 Å². The summed E-state index contributed by atoms with van der Waals surface area (Å²) in [4.78, 5) is 16.4. The van der Waals surface area contributed by atoms with Gasteiger partial charge in [-0.1, -0.05) is 30.3 Å². The van der Waals surface area contributed by atoms with Gasteiger partial charge in [0, 0.05) is 32.3 Å². The lowest BCUT2D eigenvalue weighted by molar-refractivity contribution is -0.124. The lowest BCUT2D eigenvalue weighted by Gasteiger charge is -2.39. The SMILES string of the molecule is CN(CCCO)C1CCN(C(C(N)=O)c2ccccc2)CC1. The van der Waals surface area contributed by atoms with Crippen molar-refractivity contribution in [1.82, 2.24) is 9.80 Å². The maximum atomic E-state index is 11.9. The van der Waals surface area contributed by atoms with Gasteiger partial charge in [-0.25, -0.2) is 0 Å². The normalized spacial score (nSPS) is 18.5. The Morgan fingerprint density at radius 1 is 1.36 bits per heavy atom. The zero-order valence-corrected chi connectivity index (χ0v) is 13.3. The van der Waals surface area contributed by atoms with Crippen LogP contribution in [0.15, 0.2) is 30.3 Å². The third-order valence-corrected chi connectivity index (χ3v) is 4.54. The average Bonchev–Trinajstić information content (AvgIpc) is 2.54. The molecule has 1 atom stereocenters. The van der Waals surface area contributed by atoms with Crippen LogP contribution in [0.1, 0.15) is 30.9 Å². The van der Waals surface area contributed by atoms with Crippen LogP contribution in [-0.4, -0.2) is 60.1 Å². The number of aliphatic hydroxyl groups excluding tert-OH is 1. The Kier molecular flexibility index (Phi) is 6.36. The van der Waals surface area contributed by atoms with Crippen molar-refractivity contribution < 1.29 is 9.90 Å². The van der Waals surface area contributed by atoms with E-state index in [1.165, 1.54) is 0 Å². The van der Waals surface area contributed by atoms with Crippen LogP contribution in [0.5, 0.6) is 0 Å². The van der Waals surface area contributed by atoms with Gasteiger partial charge in [0.1, 0.15) is 6.04 Å². The van der Waals surface area contributed by atoms with Gasteiger partial charge in [-0.3, -0.25) is 9.69 Å². The standard InChI is InChI=1S/C17H27N3O2/c1-19(10-5-13-21)15-8-11-20(12-9-15)16(17(18)22)14-6-3-2-4-7-14/h2-4,6-7,15-16,21H,5,8-13H2,1H3,(H2,18,22). The molecule has 0 aliphatic carbocycles. The lowest BCUT2D eigenvalue weighted by atomic mass is 9.98. The predicted octanol–water partition coefficient (Wildman–Crippen LogP) is 0.992. The van der Waals surface area contributed by atoms with E-state index >= 15 is 0 Å². The highest BCUT2D eigenvalue weighted by Gasteiger charge is 2.30. The van der Waals surface area contributed by atoms with Crippen LogP contribution < -0.4 is 5.73 Å². The second-order valence-corrected chi connectivity index (χ2v) is 6.04. The molecular weight excluding hydrogens is 278 g/mol. The zero-order valence-electron chi connectivity index (χ0n) is 13.3. The summed E-state index contributed by atoms with van der Waals surface area (Å²) in [7, 11) is 2.11. The highest BCUT2D eigenvalue weighted by Crippen LogP contribution is 2.25. The molecule has 2 rings (SSSR count). The van der Waals surface area contributed by atoms with E-state index in [-0.39, 0.29) is 18.6 Å². The summed E-state index contributed by atoms with van der Waals surface area (Å²) in [5, 5.41) is 8.93. The minimum Gasteiger partial charge on any atom is -0.396 e. The number of hydrogen-bond acceptors (Lipinski definition) is 4. The molecule has 1 heterocycles. The average molecular weight is 305 g/mol. The third kappa shape index (κ3) is 4.29. The maximum Gasteiger partial charge on any atom is 0.239 e. The molecule has 0 saturated carbocycles.